The number of amides is 3. The van der Waals surface area contributed by atoms with Crippen LogP contribution in [0.5, 0.6) is 0 Å². The van der Waals surface area contributed by atoms with Crippen LogP contribution in [0.25, 0.3) is 6.08 Å². The topological polar surface area (TPSA) is 125 Å². The van der Waals surface area contributed by atoms with Gasteiger partial charge in [0, 0.05) is 37.7 Å². The minimum atomic E-state index is -3.69. The maximum absolute atomic E-state index is 13.2. The Morgan fingerprint density at radius 3 is 2.34 bits per heavy atom. The van der Waals surface area contributed by atoms with Gasteiger partial charge in [0.2, 0.25) is 10.0 Å². The molecule has 3 amide bonds. The summed E-state index contributed by atoms with van der Waals surface area (Å²) in [7, 11) is -2.09. The Morgan fingerprint density at radius 2 is 1.76 bits per heavy atom. The van der Waals surface area contributed by atoms with E-state index < -0.39 is 21.6 Å². The van der Waals surface area contributed by atoms with Crippen LogP contribution in [0, 0.1) is 19.8 Å². The van der Waals surface area contributed by atoms with Crippen molar-refractivity contribution in [3.63, 3.8) is 0 Å². The molecule has 1 spiro atoms. The van der Waals surface area contributed by atoms with E-state index in [1.807, 2.05) is 13.8 Å². The third-order valence-corrected chi connectivity index (χ3v) is 10.2. The first kappa shape index (κ1) is 32.8. The molecule has 0 saturated carbocycles. The highest BCUT2D eigenvalue weighted by molar-refractivity contribution is 7.92. The maximum Gasteiger partial charge on any atom is 0.318 e. The van der Waals surface area contributed by atoms with E-state index in [1.165, 1.54) is 53.1 Å². The molecule has 2 heterocycles. The number of hydrogen-bond acceptors (Lipinski definition) is 5. The highest BCUT2D eigenvalue weighted by Gasteiger charge is 2.47. The number of carbonyl (C=O) groups is 2. The van der Waals surface area contributed by atoms with Gasteiger partial charge in [0.15, 0.2) is 0 Å². The number of aliphatic imine (C=N–C) groups is 1. The Labute approximate surface area is 246 Å². The molecular formula is C31H49N5O4S. The lowest BCUT2D eigenvalue weighted by Gasteiger charge is -2.34. The van der Waals surface area contributed by atoms with Crippen LogP contribution in [-0.4, -0.2) is 56.2 Å². The average Bonchev–Trinajstić information content (AvgIpc) is 3.22. The molecule has 41 heavy (non-hydrogen) atoms. The minimum Gasteiger partial charge on any atom is -0.351 e. The van der Waals surface area contributed by atoms with E-state index in [4.69, 9.17) is 10.7 Å². The van der Waals surface area contributed by atoms with Gasteiger partial charge in [-0.15, -0.1) is 0 Å². The van der Waals surface area contributed by atoms with Crippen molar-refractivity contribution in [2.45, 2.75) is 104 Å². The molecule has 10 heteroatoms. The average molecular weight is 588 g/mol. The number of urea groups is 1. The summed E-state index contributed by atoms with van der Waals surface area (Å²) in [5.74, 6) is 1.32. The first-order chi connectivity index (χ1) is 19.4. The van der Waals surface area contributed by atoms with Gasteiger partial charge in [0.1, 0.15) is 11.4 Å². The molecule has 0 aliphatic carbocycles. The van der Waals surface area contributed by atoms with Crippen LogP contribution in [-0.2, 0) is 14.8 Å². The zero-order valence-corrected chi connectivity index (χ0v) is 26.4. The van der Waals surface area contributed by atoms with E-state index in [-0.39, 0.29) is 19.0 Å². The first-order valence-corrected chi connectivity index (χ1v) is 16.7. The number of unbranched alkanes of at least 4 members (excludes halogenated alkanes) is 3. The summed E-state index contributed by atoms with van der Waals surface area (Å²) in [5, 5.41) is 4.25. The molecule has 1 saturated heterocycles. The molecule has 9 nitrogen and oxygen atoms in total. The summed E-state index contributed by atoms with van der Waals surface area (Å²) >= 11 is 0. The number of rotatable bonds is 14. The number of piperidine rings is 1. The molecule has 2 aliphatic heterocycles. The third kappa shape index (κ3) is 8.41. The molecule has 1 atom stereocenters. The SMILES string of the molecule is CCCCCCC(CCC)CCC1=NC2(CCN(S(=O)(=O)/C=C/c3c(C)cc(N(C)C(N)=O)cc3C)CC2)C(=O)N1. The normalized spacial score (nSPS) is 18.1. The van der Waals surface area contributed by atoms with E-state index in [1.54, 1.807) is 25.3 Å². The number of nitrogens with one attached hydrogen (secondary N) is 1. The van der Waals surface area contributed by atoms with E-state index in [9.17, 15) is 18.0 Å². The summed E-state index contributed by atoms with van der Waals surface area (Å²) in [6.45, 7) is 8.68. The molecule has 0 bridgehead atoms. The predicted molar refractivity (Wildman–Crippen MR) is 167 cm³/mol. The van der Waals surface area contributed by atoms with Crippen LogP contribution >= 0.6 is 0 Å². The van der Waals surface area contributed by atoms with Crippen LogP contribution in [0.1, 0.15) is 101 Å². The summed E-state index contributed by atoms with van der Waals surface area (Å²) in [6, 6.07) is 3.04. The van der Waals surface area contributed by atoms with E-state index in [0.29, 0.717) is 24.4 Å². The number of primary amides is 1. The van der Waals surface area contributed by atoms with Gasteiger partial charge in [-0.25, -0.2) is 13.2 Å². The Kier molecular flexibility index (Phi) is 11.6. The molecule has 0 aromatic heterocycles. The van der Waals surface area contributed by atoms with Gasteiger partial charge >= 0.3 is 6.03 Å². The van der Waals surface area contributed by atoms with Gasteiger partial charge in [0.05, 0.1) is 0 Å². The van der Waals surface area contributed by atoms with Crippen molar-refractivity contribution in [2.75, 3.05) is 25.0 Å². The van der Waals surface area contributed by atoms with Crippen LogP contribution in [0.15, 0.2) is 22.5 Å². The number of anilines is 1. The standard InChI is InChI=1S/C31H49N5O4S/c1-6-8-9-10-12-25(11-7-2)13-14-28-33-29(37)31(34-28)16-18-36(19-17-31)41(39,40)20-15-27-23(3)21-26(22-24(27)4)35(5)30(32)38/h15,20-22,25H,6-14,16-19H2,1-5H3,(H2,32,38)(H,33,34,37)/b20-15+. The number of hydrogen-bond donors (Lipinski definition) is 2. The van der Waals surface area contributed by atoms with E-state index in [2.05, 4.69) is 19.2 Å². The van der Waals surface area contributed by atoms with Crippen molar-refractivity contribution in [3.05, 3.63) is 34.2 Å². The third-order valence-electron chi connectivity index (χ3n) is 8.59. The van der Waals surface area contributed by atoms with Crippen LogP contribution in [0.4, 0.5) is 10.5 Å². The molecule has 228 valence electrons. The van der Waals surface area contributed by atoms with E-state index in [0.717, 1.165) is 41.8 Å². The highest BCUT2D eigenvalue weighted by atomic mass is 32.2. The molecule has 0 radical (unpaired) electrons. The van der Waals surface area contributed by atoms with Gasteiger partial charge in [-0.05, 0) is 73.9 Å². The fourth-order valence-corrected chi connectivity index (χ4v) is 7.14. The number of sulfonamides is 1. The second-order valence-electron chi connectivity index (χ2n) is 11.7. The zero-order valence-electron chi connectivity index (χ0n) is 25.5. The van der Waals surface area contributed by atoms with Crippen molar-refractivity contribution in [2.24, 2.45) is 16.6 Å². The zero-order chi connectivity index (χ0) is 30.2. The van der Waals surface area contributed by atoms with Crippen molar-refractivity contribution in [1.82, 2.24) is 9.62 Å². The highest BCUT2D eigenvalue weighted by Crippen LogP contribution is 2.33. The maximum atomic E-state index is 13.2. The van der Waals surface area contributed by atoms with Gasteiger partial charge in [-0.3, -0.25) is 14.7 Å². The van der Waals surface area contributed by atoms with Crippen molar-refractivity contribution < 1.29 is 18.0 Å². The second-order valence-corrected chi connectivity index (χ2v) is 13.5. The molecule has 1 fully saturated rings. The quantitative estimate of drug-likeness (QED) is 0.273. The first-order valence-electron chi connectivity index (χ1n) is 15.1. The molecule has 3 N–H and O–H groups in total. The Balaban J connectivity index is 1.61. The van der Waals surface area contributed by atoms with Crippen LogP contribution in [0.3, 0.4) is 0 Å². The molecular weight excluding hydrogens is 538 g/mol. The van der Waals surface area contributed by atoms with Crippen molar-refractivity contribution >= 4 is 39.6 Å². The summed E-state index contributed by atoms with van der Waals surface area (Å²) < 4.78 is 27.8. The lowest BCUT2D eigenvalue weighted by molar-refractivity contribution is -0.124. The lowest BCUT2D eigenvalue weighted by atomic mass is 9.89. The fourth-order valence-electron chi connectivity index (χ4n) is 5.97. The minimum absolute atomic E-state index is 0.0951. The molecule has 2 aliphatic rings. The number of amidine groups is 1. The molecule has 1 aromatic rings. The Hall–Kier alpha value is -2.72. The lowest BCUT2D eigenvalue weighted by Crippen LogP contribution is -2.50. The van der Waals surface area contributed by atoms with Crippen molar-refractivity contribution in [1.29, 1.82) is 0 Å². The molecule has 1 unspecified atom stereocenters. The van der Waals surface area contributed by atoms with Gasteiger partial charge in [-0.1, -0.05) is 58.8 Å². The molecule has 3 rings (SSSR count). The molecule has 1 aromatic carbocycles. The Bertz CT molecular complexity index is 1230. The van der Waals surface area contributed by atoms with E-state index >= 15 is 0 Å². The fraction of sp³-hybridized carbons (Fsp3) is 0.645. The summed E-state index contributed by atoms with van der Waals surface area (Å²) in [4.78, 5) is 30.7. The van der Waals surface area contributed by atoms with Crippen LogP contribution in [0.2, 0.25) is 0 Å². The van der Waals surface area contributed by atoms with Gasteiger partial charge in [-0.2, -0.15) is 4.31 Å². The largest absolute Gasteiger partial charge is 0.351 e. The number of nitrogens with two attached hydrogens (primary N) is 1. The smallest absolute Gasteiger partial charge is 0.318 e. The second kappa shape index (κ2) is 14.4. The monoisotopic (exact) mass is 587 g/mol. The summed E-state index contributed by atoms with van der Waals surface area (Å²) in [6.07, 6.45) is 12.8. The predicted octanol–water partition coefficient (Wildman–Crippen LogP) is 5.65. The van der Waals surface area contributed by atoms with Gasteiger partial charge in [0.25, 0.3) is 5.91 Å². The van der Waals surface area contributed by atoms with Gasteiger partial charge < -0.3 is 11.1 Å². The number of carbonyl (C=O) groups excluding carboxylic acids is 2. The number of benzene rings is 1. The Morgan fingerprint density at radius 1 is 1.10 bits per heavy atom. The number of aryl methyl sites for hydroxylation is 2. The summed E-state index contributed by atoms with van der Waals surface area (Å²) in [5.41, 5.74) is 7.62. The van der Waals surface area contributed by atoms with Crippen molar-refractivity contribution in [3.8, 4) is 0 Å². The number of nitrogens with zero attached hydrogens (tertiary/aromatic N) is 3. The van der Waals surface area contributed by atoms with Crippen LogP contribution < -0.4 is 16.0 Å².